The molecule has 0 spiro atoms. The summed E-state index contributed by atoms with van der Waals surface area (Å²) in [7, 11) is 0. The van der Waals surface area contributed by atoms with E-state index in [0.717, 1.165) is 0 Å². The first kappa shape index (κ1) is 18.6. The average Bonchev–Trinajstić information content (AvgIpc) is 2.59. The lowest BCUT2D eigenvalue weighted by Gasteiger charge is -2.13. The molecular weight excluding hydrogens is 395 g/mol. The SMILES string of the molecule is O=C1NC(=O)C(=Cc2ccc(OC(=O)c3ccc(Cl)cc3Cl)cc2)C(=O)N1. The average molecular weight is 405 g/mol. The summed E-state index contributed by atoms with van der Waals surface area (Å²) in [6.45, 7) is 0. The van der Waals surface area contributed by atoms with Gasteiger partial charge in [0.1, 0.15) is 11.3 Å². The highest BCUT2D eigenvalue weighted by atomic mass is 35.5. The first-order valence-corrected chi connectivity index (χ1v) is 8.25. The number of amides is 4. The van der Waals surface area contributed by atoms with Gasteiger partial charge in [0, 0.05) is 5.02 Å². The summed E-state index contributed by atoms with van der Waals surface area (Å²) in [5, 5.41) is 4.51. The second-order valence-electron chi connectivity index (χ2n) is 5.38. The van der Waals surface area contributed by atoms with Crippen molar-refractivity contribution in [3.63, 3.8) is 0 Å². The molecule has 1 heterocycles. The van der Waals surface area contributed by atoms with Gasteiger partial charge >= 0.3 is 12.0 Å². The molecule has 4 amide bonds. The smallest absolute Gasteiger partial charge is 0.345 e. The molecule has 1 aliphatic rings. The summed E-state index contributed by atoms with van der Waals surface area (Å²) in [5.41, 5.74) is 0.439. The molecule has 0 aliphatic carbocycles. The van der Waals surface area contributed by atoms with E-state index in [1.165, 1.54) is 48.5 Å². The molecule has 0 atom stereocenters. The van der Waals surface area contributed by atoms with Gasteiger partial charge < -0.3 is 4.74 Å². The van der Waals surface area contributed by atoms with Gasteiger partial charge in [0.2, 0.25) is 0 Å². The van der Waals surface area contributed by atoms with Gasteiger partial charge in [-0.05, 0) is 42.0 Å². The molecule has 136 valence electrons. The van der Waals surface area contributed by atoms with Crippen LogP contribution in [0, 0.1) is 0 Å². The van der Waals surface area contributed by atoms with Crippen molar-refractivity contribution in [2.24, 2.45) is 0 Å². The standard InChI is InChI=1S/C18H10Cl2N2O5/c19-10-3-6-12(14(20)8-10)17(25)27-11-4-1-9(2-5-11)7-13-15(23)21-18(26)22-16(13)24/h1-8H,(H2,21,22,23,24,26). The number of nitrogens with one attached hydrogen (secondary N) is 2. The molecular formula is C18H10Cl2N2O5. The van der Waals surface area contributed by atoms with Crippen LogP contribution in [-0.4, -0.2) is 23.8 Å². The van der Waals surface area contributed by atoms with Crippen molar-refractivity contribution in [1.82, 2.24) is 10.6 Å². The normalized spacial score (nSPS) is 13.7. The summed E-state index contributed by atoms with van der Waals surface area (Å²) in [6, 6.07) is 9.57. The molecule has 2 N–H and O–H groups in total. The van der Waals surface area contributed by atoms with Crippen molar-refractivity contribution in [1.29, 1.82) is 0 Å². The molecule has 27 heavy (non-hydrogen) atoms. The Bertz CT molecular complexity index is 977. The highest BCUT2D eigenvalue weighted by Gasteiger charge is 2.27. The number of carbonyl (C=O) groups is 4. The highest BCUT2D eigenvalue weighted by molar-refractivity contribution is 6.36. The lowest BCUT2D eigenvalue weighted by atomic mass is 10.1. The maximum absolute atomic E-state index is 12.2. The third kappa shape index (κ3) is 4.33. The highest BCUT2D eigenvalue weighted by Crippen LogP contribution is 2.23. The topological polar surface area (TPSA) is 102 Å². The number of ether oxygens (including phenoxy) is 1. The molecule has 0 aromatic heterocycles. The fraction of sp³-hybridized carbons (Fsp3) is 0. The van der Waals surface area contributed by atoms with Crippen LogP contribution in [0.4, 0.5) is 4.79 Å². The number of hydrogen-bond acceptors (Lipinski definition) is 5. The minimum absolute atomic E-state index is 0.160. The van der Waals surface area contributed by atoms with E-state index in [4.69, 9.17) is 27.9 Å². The van der Waals surface area contributed by atoms with Crippen LogP contribution in [-0.2, 0) is 9.59 Å². The number of halogens is 2. The molecule has 0 saturated carbocycles. The van der Waals surface area contributed by atoms with Crippen molar-refractivity contribution in [3.05, 3.63) is 69.2 Å². The van der Waals surface area contributed by atoms with E-state index in [0.29, 0.717) is 10.6 Å². The summed E-state index contributed by atoms with van der Waals surface area (Å²) in [6.07, 6.45) is 1.30. The number of imide groups is 2. The van der Waals surface area contributed by atoms with Crippen LogP contribution >= 0.6 is 23.2 Å². The Morgan fingerprint density at radius 2 is 1.56 bits per heavy atom. The van der Waals surface area contributed by atoms with Gasteiger partial charge in [-0.25, -0.2) is 9.59 Å². The predicted octanol–water partition coefficient (Wildman–Crippen LogP) is 2.96. The van der Waals surface area contributed by atoms with Gasteiger partial charge in [-0.15, -0.1) is 0 Å². The summed E-state index contributed by atoms with van der Waals surface area (Å²) in [4.78, 5) is 46.6. The Hall–Kier alpha value is -3.16. The number of rotatable bonds is 3. The van der Waals surface area contributed by atoms with Crippen LogP contribution in [0.1, 0.15) is 15.9 Å². The van der Waals surface area contributed by atoms with Gasteiger partial charge in [-0.3, -0.25) is 20.2 Å². The predicted molar refractivity (Wildman–Crippen MR) is 97.5 cm³/mol. The van der Waals surface area contributed by atoms with Crippen molar-refractivity contribution in [2.45, 2.75) is 0 Å². The number of esters is 1. The maximum Gasteiger partial charge on any atom is 0.345 e. The number of carbonyl (C=O) groups excluding carboxylic acids is 4. The Labute approximate surface area is 162 Å². The van der Waals surface area contributed by atoms with Gasteiger partial charge in [0.25, 0.3) is 11.8 Å². The van der Waals surface area contributed by atoms with E-state index >= 15 is 0 Å². The summed E-state index contributed by atoms with van der Waals surface area (Å²) >= 11 is 11.8. The zero-order chi connectivity index (χ0) is 19.6. The zero-order valence-electron chi connectivity index (χ0n) is 13.4. The van der Waals surface area contributed by atoms with Crippen LogP contribution in [0.25, 0.3) is 6.08 Å². The molecule has 1 fully saturated rings. The van der Waals surface area contributed by atoms with Crippen LogP contribution in [0.3, 0.4) is 0 Å². The van der Waals surface area contributed by atoms with E-state index in [1.54, 1.807) is 0 Å². The van der Waals surface area contributed by atoms with Gasteiger partial charge in [-0.2, -0.15) is 0 Å². The molecule has 9 heteroatoms. The van der Waals surface area contributed by atoms with Crippen molar-refractivity contribution >= 4 is 53.1 Å². The lowest BCUT2D eigenvalue weighted by molar-refractivity contribution is -0.123. The van der Waals surface area contributed by atoms with Gasteiger partial charge in [-0.1, -0.05) is 35.3 Å². The second kappa shape index (κ2) is 7.61. The van der Waals surface area contributed by atoms with Gasteiger partial charge in [0.15, 0.2) is 0 Å². The molecule has 2 aromatic rings. The third-order valence-electron chi connectivity index (χ3n) is 3.50. The van der Waals surface area contributed by atoms with Crippen molar-refractivity contribution in [2.75, 3.05) is 0 Å². The lowest BCUT2D eigenvalue weighted by Crippen LogP contribution is -2.51. The molecule has 7 nitrogen and oxygen atoms in total. The summed E-state index contributed by atoms with van der Waals surface area (Å²) in [5.74, 6) is -2.01. The summed E-state index contributed by atoms with van der Waals surface area (Å²) < 4.78 is 5.23. The van der Waals surface area contributed by atoms with Crippen LogP contribution in [0.5, 0.6) is 5.75 Å². The molecule has 2 aromatic carbocycles. The van der Waals surface area contributed by atoms with Crippen LogP contribution in [0.15, 0.2) is 48.0 Å². The first-order valence-electron chi connectivity index (χ1n) is 7.49. The molecule has 3 rings (SSSR count). The number of hydrogen-bond donors (Lipinski definition) is 2. The number of benzene rings is 2. The van der Waals surface area contributed by atoms with Crippen molar-refractivity contribution < 1.29 is 23.9 Å². The van der Waals surface area contributed by atoms with E-state index in [2.05, 4.69) is 0 Å². The number of barbiturate groups is 1. The van der Waals surface area contributed by atoms with Crippen LogP contribution < -0.4 is 15.4 Å². The van der Waals surface area contributed by atoms with E-state index in [-0.39, 0.29) is 21.9 Å². The minimum atomic E-state index is -0.870. The maximum atomic E-state index is 12.2. The molecule has 0 radical (unpaired) electrons. The Kier molecular flexibility index (Phi) is 5.25. The first-order chi connectivity index (χ1) is 12.8. The molecule has 1 saturated heterocycles. The fourth-order valence-electron chi connectivity index (χ4n) is 2.22. The van der Waals surface area contributed by atoms with E-state index < -0.39 is 23.8 Å². The quantitative estimate of drug-likeness (QED) is 0.354. The Balaban J connectivity index is 1.75. The zero-order valence-corrected chi connectivity index (χ0v) is 14.9. The largest absolute Gasteiger partial charge is 0.423 e. The number of urea groups is 1. The monoisotopic (exact) mass is 404 g/mol. The van der Waals surface area contributed by atoms with E-state index in [9.17, 15) is 19.2 Å². The minimum Gasteiger partial charge on any atom is -0.423 e. The molecule has 1 aliphatic heterocycles. The molecule has 0 unspecified atom stereocenters. The second-order valence-corrected chi connectivity index (χ2v) is 6.22. The molecule has 0 bridgehead atoms. The van der Waals surface area contributed by atoms with Crippen molar-refractivity contribution in [3.8, 4) is 5.75 Å². The third-order valence-corrected chi connectivity index (χ3v) is 4.04. The van der Waals surface area contributed by atoms with Gasteiger partial charge in [0.05, 0.1) is 10.6 Å². The Morgan fingerprint density at radius 3 is 2.15 bits per heavy atom. The fourth-order valence-corrected chi connectivity index (χ4v) is 2.71. The van der Waals surface area contributed by atoms with E-state index in [1.807, 2.05) is 10.6 Å². The van der Waals surface area contributed by atoms with Crippen LogP contribution in [0.2, 0.25) is 10.0 Å². The Morgan fingerprint density at radius 1 is 0.926 bits per heavy atom.